The number of nitrogens with zero attached hydrogens (tertiary/aromatic N) is 2. The van der Waals surface area contributed by atoms with E-state index in [1.807, 2.05) is 36.4 Å². The predicted octanol–water partition coefficient (Wildman–Crippen LogP) is 5.29. The van der Waals surface area contributed by atoms with E-state index >= 15 is 0 Å². The summed E-state index contributed by atoms with van der Waals surface area (Å²) < 4.78 is 17.2. The molecule has 0 amide bonds. The minimum atomic E-state index is -0.177. The highest BCUT2D eigenvalue weighted by Crippen LogP contribution is 2.33. The van der Waals surface area contributed by atoms with Gasteiger partial charge < -0.3 is 29.1 Å². The number of H-pyrrole nitrogens is 1. The summed E-state index contributed by atoms with van der Waals surface area (Å²) in [5.41, 5.74) is 4.04. The predicted molar refractivity (Wildman–Crippen MR) is 173 cm³/mol. The molecule has 0 aliphatic carbocycles. The number of piperazine rings is 1. The van der Waals surface area contributed by atoms with Crippen LogP contribution in [-0.4, -0.2) is 60.8 Å². The maximum atomic E-state index is 13.8. The van der Waals surface area contributed by atoms with Gasteiger partial charge in [-0.2, -0.15) is 0 Å². The highest BCUT2D eigenvalue weighted by Gasteiger charge is 2.21. The van der Waals surface area contributed by atoms with Crippen LogP contribution in [0.2, 0.25) is 0 Å². The molecule has 9 nitrogen and oxygen atoms in total. The van der Waals surface area contributed by atoms with Crippen LogP contribution in [-0.2, 0) is 6.54 Å². The number of rotatable bonds is 7. The molecule has 5 aromatic carbocycles. The molecule has 1 fully saturated rings. The second-order valence-corrected chi connectivity index (χ2v) is 11.6. The molecular weight excluding hydrogens is 556 g/mol. The molecule has 0 bridgehead atoms. The molecule has 3 heterocycles. The molecule has 1 saturated heterocycles. The van der Waals surface area contributed by atoms with Crippen LogP contribution in [0.15, 0.2) is 86.8 Å². The smallest absolute Gasteiger partial charge is 0.231 e. The van der Waals surface area contributed by atoms with Gasteiger partial charge in [0.1, 0.15) is 0 Å². The van der Waals surface area contributed by atoms with Gasteiger partial charge in [-0.3, -0.25) is 14.5 Å². The first-order chi connectivity index (χ1) is 21.6. The van der Waals surface area contributed by atoms with Gasteiger partial charge in [-0.1, -0.05) is 42.5 Å². The van der Waals surface area contributed by atoms with Crippen molar-refractivity contribution in [3.05, 3.63) is 98.8 Å². The molecule has 0 radical (unpaired) electrons. The summed E-state index contributed by atoms with van der Waals surface area (Å²) in [6, 6.07) is 22.7. The van der Waals surface area contributed by atoms with Crippen molar-refractivity contribution in [1.29, 1.82) is 0 Å². The zero-order valence-electron chi connectivity index (χ0n) is 24.2. The van der Waals surface area contributed by atoms with Crippen molar-refractivity contribution in [3.8, 4) is 11.5 Å². The monoisotopic (exact) mass is 588 g/mol. The number of aromatic amines is 1. The third-order valence-electron chi connectivity index (χ3n) is 8.80. The molecule has 6 aromatic rings. The maximum Gasteiger partial charge on any atom is 0.231 e. The molecular formula is C35H32N4O5. The standard InChI is InChI=1S/C35H32N4O5/c40-34-23-6-1-2-7-24(23)35(41)32-31(34)26(19-30-33(32)37-25-8-3-4-9-27(25)44-30)36-12-5-13-38-14-16-39(17-15-38)20-22-10-11-28-29(18-22)43-21-42-28/h1-4,6-11,18-19,36-37H,5,12-17,20-21H2. The molecule has 0 saturated carbocycles. The molecule has 0 spiro atoms. The van der Waals surface area contributed by atoms with Crippen molar-refractivity contribution in [3.63, 3.8) is 0 Å². The Morgan fingerprint density at radius 3 is 2.32 bits per heavy atom. The SMILES string of the molecule is O=c1c2ccccc2c(=O)c2c1c(NCCCN1CCN(Cc3ccc4c(c3)OCO4)CC1)cc1oc3ccccc3[nH]c12. The summed E-state index contributed by atoms with van der Waals surface area (Å²) in [6.45, 7) is 6.80. The highest BCUT2D eigenvalue weighted by atomic mass is 16.7. The molecule has 1 aromatic heterocycles. The third-order valence-corrected chi connectivity index (χ3v) is 8.80. The number of ether oxygens (including phenoxy) is 2. The van der Waals surface area contributed by atoms with Crippen molar-refractivity contribution >= 4 is 49.4 Å². The van der Waals surface area contributed by atoms with Crippen LogP contribution in [0.5, 0.6) is 11.5 Å². The maximum absolute atomic E-state index is 13.8. The summed E-state index contributed by atoms with van der Waals surface area (Å²) in [6.07, 6.45) is 0.898. The summed E-state index contributed by atoms with van der Waals surface area (Å²) in [7, 11) is 0. The fourth-order valence-electron chi connectivity index (χ4n) is 6.52. The molecule has 8 rings (SSSR count). The number of anilines is 1. The zero-order chi connectivity index (χ0) is 29.6. The van der Waals surface area contributed by atoms with E-state index in [4.69, 9.17) is 13.9 Å². The van der Waals surface area contributed by atoms with Gasteiger partial charge in [-0.25, -0.2) is 0 Å². The van der Waals surface area contributed by atoms with E-state index in [0.29, 0.717) is 57.3 Å². The molecule has 2 aliphatic rings. The fourth-order valence-corrected chi connectivity index (χ4v) is 6.52. The molecule has 0 atom stereocenters. The zero-order valence-corrected chi connectivity index (χ0v) is 24.2. The van der Waals surface area contributed by atoms with Gasteiger partial charge in [0.2, 0.25) is 6.79 Å². The van der Waals surface area contributed by atoms with E-state index in [9.17, 15) is 9.59 Å². The number of hydrogen-bond acceptors (Lipinski definition) is 8. The van der Waals surface area contributed by atoms with Crippen molar-refractivity contribution in [2.24, 2.45) is 0 Å². The van der Waals surface area contributed by atoms with Crippen LogP contribution < -0.4 is 25.6 Å². The summed E-state index contributed by atoms with van der Waals surface area (Å²) in [5, 5.41) is 5.11. The van der Waals surface area contributed by atoms with Gasteiger partial charge in [0.25, 0.3) is 0 Å². The Labute approximate surface area is 252 Å². The Morgan fingerprint density at radius 1 is 0.750 bits per heavy atom. The third kappa shape index (κ3) is 4.74. The van der Waals surface area contributed by atoms with Crippen LogP contribution in [0.25, 0.3) is 43.7 Å². The second kappa shape index (κ2) is 11.0. The van der Waals surface area contributed by atoms with Gasteiger partial charge in [-0.15, -0.1) is 0 Å². The van der Waals surface area contributed by atoms with E-state index < -0.39 is 0 Å². The van der Waals surface area contributed by atoms with Crippen molar-refractivity contribution in [1.82, 2.24) is 14.8 Å². The number of aromatic nitrogens is 1. The molecule has 44 heavy (non-hydrogen) atoms. The Kier molecular flexibility index (Phi) is 6.69. The first-order valence-electron chi connectivity index (χ1n) is 15.1. The Balaban J connectivity index is 0.996. The second-order valence-electron chi connectivity index (χ2n) is 11.6. The van der Waals surface area contributed by atoms with Gasteiger partial charge >= 0.3 is 0 Å². The summed E-state index contributed by atoms with van der Waals surface area (Å²) >= 11 is 0. The minimum Gasteiger partial charge on any atom is -0.454 e. The van der Waals surface area contributed by atoms with Crippen LogP contribution in [0.3, 0.4) is 0 Å². The van der Waals surface area contributed by atoms with Gasteiger partial charge in [0, 0.05) is 61.8 Å². The quantitative estimate of drug-likeness (QED) is 0.148. The number of fused-ring (bicyclic) bond motifs is 6. The van der Waals surface area contributed by atoms with Crippen LogP contribution in [0.4, 0.5) is 5.69 Å². The molecule has 2 aliphatic heterocycles. The topological polar surface area (TPSA) is 100 Å². The first-order valence-corrected chi connectivity index (χ1v) is 15.1. The fraction of sp³-hybridized carbons (Fsp3) is 0.257. The average Bonchev–Trinajstić information content (AvgIpc) is 3.53. The van der Waals surface area contributed by atoms with Gasteiger partial charge in [-0.05, 0) is 42.8 Å². The lowest BCUT2D eigenvalue weighted by molar-refractivity contribution is 0.127. The first kappa shape index (κ1) is 26.7. The van der Waals surface area contributed by atoms with Crippen molar-refractivity contribution in [2.75, 3.05) is 51.4 Å². The van der Waals surface area contributed by atoms with E-state index in [2.05, 4.69) is 32.2 Å². The minimum absolute atomic E-state index is 0.153. The Hall–Kier alpha value is -4.86. The van der Waals surface area contributed by atoms with Crippen LogP contribution in [0, 0.1) is 0 Å². The lowest BCUT2D eigenvalue weighted by atomic mass is 9.99. The summed E-state index contributed by atoms with van der Waals surface area (Å²) in [5.74, 6) is 1.65. The molecule has 0 unspecified atom stereocenters. The van der Waals surface area contributed by atoms with E-state index in [-0.39, 0.29) is 10.9 Å². The van der Waals surface area contributed by atoms with Crippen molar-refractivity contribution in [2.45, 2.75) is 13.0 Å². The average molecular weight is 589 g/mol. The Bertz CT molecular complexity index is 2160. The molecule has 222 valence electrons. The number of hydrogen-bond donors (Lipinski definition) is 2. The van der Waals surface area contributed by atoms with Crippen LogP contribution in [0.1, 0.15) is 12.0 Å². The van der Waals surface area contributed by atoms with Gasteiger partial charge in [0.15, 0.2) is 33.5 Å². The van der Waals surface area contributed by atoms with E-state index in [0.717, 1.165) is 62.7 Å². The van der Waals surface area contributed by atoms with Gasteiger partial charge in [0.05, 0.1) is 21.8 Å². The van der Waals surface area contributed by atoms with Crippen LogP contribution >= 0.6 is 0 Å². The highest BCUT2D eigenvalue weighted by molar-refractivity contribution is 6.14. The lowest BCUT2D eigenvalue weighted by Gasteiger charge is -2.34. The number of nitrogens with one attached hydrogen (secondary N) is 2. The van der Waals surface area contributed by atoms with Crippen molar-refractivity contribution < 1.29 is 13.9 Å². The molecule has 2 N–H and O–H groups in total. The molecule has 9 heteroatoms. The summed E-state index contributed by atoms with van der Waals surface area (Å²) in [4.78, 5) is 36.0. The van der Waals surface area contributed by atoms with E-state index in [1.165, 1.54) is 5.56 Å². The van der Waals surface area contributed by atoms with E-state index in [1.54, 1.807) is 24.3 Å². The lowest BCUT2D eigenvalue weighted by Crippen LogP contribution is -2.46. The number of benzene rings is 5. The Morgan fingerprint density at radius 2 is 1.48 bits per heavy atom. The largest absolute Gasteiger partial charge is 0.454 e. The number of para-hydroxylation sites is 2. The normalized spacial score (nSPS) is 15.5.